The quantitative estimate of drug-likeness (QED) is 0.798. The third-order valence-electron chi connectivity index (χ3n) is 5.42. The zero-order valence-corrected chi connectivity index (χ0v) is 15.9. The zero-order valence-electron chi connectivity index (χ0n) is 15.9. The van der Waals surface area contributed by atoms with Gasteiger partial charge in [0.1, 0.15) is 6.10 Å². The molecule has 4 rings (SSSR count). The highest BCUT2D eigenvalue weighted by atomic mass is 16.5. The molecule has 0 aliphatic carbocycles. The van der Waals surface area contributed by atoms with Gasteiger partial charge in [-0.3, -0.25) is 4.79 Å². The summed E-state index contributed by atoms with van der Waals surface area (Å²) in [5.41, 5.74) is 0.329. The van der Waals surface area contributed by atoms with Crippen LogP contribution in [0.2, 0.25) is 0 Å². The Morgan fingerprint density at radius 2 is 2.00 bits per heavy atom. The molecule has 1 atom stereocenters. The van der Waals surface area contributed by atoms with Crippen LogP contribution in [0.1, 0.15) is 36.0 Å². The van der Waals surface area contributed by atoms with Gasteiger partial charge in [0.25, 0.3) is 5.91 Å². The summed E-state index contributed by atoms with van der Waals surface area (Å²) in [7, 11) is 1.55. The summed E-state index contributed by atoms with van der Waals surface area (Å²) in [5, 5.41) is 0. The smallest absolute Gasteiger partial charge is 0.316 e. The number of piperidine rings is 1. The van der Waals surface area contributed by atoms with Gasteiger partial charge in [0.05, 0.1) is 24.9 Å². The molecule has 8 heteroatoms. The largest absolute Gasteiger partial charge is 0.481 e. The third-order valence-corrected chi connectivity index (χ3v) is 5.42. The first-order chi connectivity index (χ1) is 13.7. The van der Waals surface area contributed by atoms with Crippen LogP contribution in [0.5, 0.6) is 11.9 Å². The first kappa shape index (κ1) is 18.6. The van der Waals surface area contributed by atoms with Crippen LogP contribution in [0, 0.1) is 0 Å². The Morgan fingerprint density at radius 3 is 2.68 bits per heavy atom. The highest BCUT2D eigenvalue weighted by Gasteiger charge is 2.42. The highest BCUT2D eigenvalue weighted by Crippen LogP contribution is 2.36. The number of rotatable bonds is 4. The molecule has 4 heterocycles. The van der Waals surface area contributed by atoms with E-state index < -0.39 is 0 Å². The summed E-state index contributed by atoms with van der Waals surface area (Å²) in [6.07, 6.45) is 8.13. The number of likely N-dealkylation sites (tertiary alicyclic amines) is 1. The van der Waals surface area contributed by atoms with Gasteiger partial charge in [-0.25, -0.2) is 15.0 Å². The standard InChI is InChI=1S/C20H24N4O4/c1-26-17-4-3-15(14-23-17)18(25)24-10-6-20(7-11-24)13-16(5-12-27-20)28-19-21-8-2-9-22-19/h2-4,8-9,14,16H,5-7,10-13H2,1H3/t16-/m0/s1. The fourth-order valence-electron chi connectivity index (χ4n) is 3.85. The van der Waals surface area contributed by atoms with Crippen molar-refractivity contribution in [3.8, 4) is 11.9 Å². The van der Waals surface area contributed by atoms with Gasteiger partial charge in [-0.2, -0.15) is 0 Å². The maximum absolute atomic E-state index is 12.7. The van der Waals surface area contributed by atoms with E-state index in [4.69, 9.17) is 14.2 Å². The Balaban J connectivity index is 1.35. The predicted molar refractivity (Wildman–Crippen MR) is 100 cm³/mol. The van der Waals surface area contributed by atoms with E-state index >= 15 is 0 Å². The van der Waals surface area contributed by atoms with Crippen LogP contribution in [0.4, 0.5) is 0 Å². The highest BCUT2D eigenvalue weighted by molar-refractivity contribution is 5.94. The number of amides is 1. The molecule has 8 nitrogen and oxygen atoms in total. The van der Waals surface area contributed by atoms with Gasteiger partial charge in [-0.1, -0.05) is 0 Å². The monoisotopic (exact) mass is 384 g/mol. The maximum atomic E-state index is 12.7. The van der Waals surface area contributed by atoms with Crippen molar-refractivity contribution >= 4 is 5.91 Å². The molecule has 2 aromatic heterocycles. The second kappa shape index (κ2) is 8.10. The minimum atomic E-state index is -0.243. The average molecular weight is 384 g/mol. The van der Waals surface area contributed by atoms with Gasteiger partial charge in [0, 0.05) is 50.6 Å². The van der Waals surface area contributed by atoms with E-state index in [1.165, 1.54) is 0 Å². The second-order valence-corrected chi connectivity index (χ2v) is 7.18. The van der Waals surface area contributed by atoms with Crippen molar-refractivity contribution in [3.05, 3.63) is 42.4 Å². The topological polar surface area (TPSA) is 86.7 Å². The Morgan fingerprint density at radius 1 is 1.21 bits per heavy atom. The fourth-order valence-corrected chi connectivity index (χ4v) is 3.85. The lowest BCUT2D eigenvalue weighted by Crippen LogP contribution is -2.52. The summed E-state index contributed by atoms with van der Waals surface area (Å²) in [6.45, 7) is 1.95. The molecule has 2 aliphatic heterocycles. The first-order valence-corrected chi connectivity index (χ1v) is 9.54. The Kier molecular flexibility index (Phi) is 5.38. The zero-order chi connectivity index (χ0) is 19.4. The van der Waals surface area contributed by atoms with Crippen LogP contribution in [0.25, 0.3) is 0 Å². The number of methoxy groups -OCH3 is 1. The number of pyridine rings is 1. The molecule has 148 valence electrons. The van der Waals surface area contributed by atoms with Gasteiger partial charge < -0.3 is 19.1 Å². The average Bonchev–Trinajstić information content (AvgIpc) is 2.75. The molecule has 0 radical (unpaired) electrons. The molecule has 2 fully saturated rings. The third kappa shape index (κ3) is 4.06. The molecule has 1 amide bonds. The number of nitrogens with zero attached hydrogens (tertiary/aromatic N) is 4. The SMILES string of the molecule is COc1ccc(C(=O)N2CCC3(CC2)C[C@@H](Oc2ncccn2)CCO3)cn1. The first-order valence-electron chi connectivity index (χ1n) is 9.54. The van der Waals surface area contributed by atoms with Crippen molar-refractivity contribution in [1.82, 2.24) is 19.9 Å². The molecule has 0 aromatic carbocycles. The Hall–Kier alpha value is -2.74. The van der Waals surface area contributed by atoms with Gasteiger partial charge >= 0.3 is 6.01 Å². The van der Waals surface area contributed by atoms with Crippen molar-refractivity contribution in [2.75, 3.05) is 26.8 Å². The van der Waals surface area contributed by atoms with Crippen molar-refractivity contribution in [3.63, 3.8) is 0 Å². The van der Waals surface area contributed by atoms with E-state index in [-0.39, 0.29) is 17.6 Å². The van der Waals surface area contributed by atoms with Crippen LogP contribution in [0.15, 0.2) is 36.8 Å². The van der Waals surface area contributed by atoms with Crippen LogP contribution in [0.3, 0.4) is 0 Å². The molecule has 0 saturated carbocycles. The van der Waals surface area contributed by atoms with Gasteiger partial charge in [-0.05, 0) is 25.0 Å². The molecule has 0 N–H and O–H groups in total. The molecule has 0 unspecified atom stereocenters. The van der Waals surface area contributed by atoms with Crippen LogP contribution in [-0.4, -0.2) is 64.3 Å². The number of ether oxygens (including phenoxy) is 3. The van der Waals surface area contributed by atoms with Crippen LogP contribution < -0.4 is 9.47 Å². The van der Waals surface area contributed by atoms with E-state index in [1.807, 2.05) is 4.90 Å². The lowest BCUT2D eigenvalue weighted by atomic mass is 9.83. The summed E-state index contributed by atoms with van der Waals surface area (Å²) in [4.78, 5) is 27.0. The van der Waals surface area contributed by atoms with Crippen molar-refractivity contribution in [1.29, 1.82) is 0 Å². The lowest BCUT2D eigenvalue weighted by Gasteiger charge is -2.45. The number of carbonyl (C=O) groups excluding carboxylic acids is 1. The minimum Gasteiger partial charge on any atom is -0.481 e. The maximum Gasteiger partial charge on any atom is 0.316 e. The van der Waals surface area contributed by atoms with Crippen molar-refractivity contribution in [2.45, 2.75) is 37.4 Å². The second-order valence-electron chi connectivity index (χ2n) is 7.18. The molecular formula is C20H24N4O4. The van der Waals surface area contributed by atoms with E-state index in [1.54, 1.807) is 43.9 Å². The fraction of sp³-hybridized carbons (Fsp3) is 0.500. The van der Waals surface area contributed by atoms with Crippen molar-refractivity contribution in [2.24, 2.45) is 0 Å². The van der Waals surface area contributed by atoms with E-state index in [0.717, 1.165) is 25.7 Å². The molecule has 2 aromatic rings. The van der Waals surface area contributed by atoms with Crippen LogP contribution in [-0.2, 0) is 4.74 Å². The number of hydrogen-bond acceptors (Lipinski definition) is 7. The lowest BCUT2D eigenvalue weighted by molar-refractivity contribution is -0.136. The normalized spacial score (nSPS) is 21.3. The van der Waals surface area contributed by atoms with E-state index in [9.17, 15) is 4.79 Å². The van der Waals surface area contributed by atoms with Gasteiger partial charge in [-0.15, -0.1) is 0 Å². The molecular weight excluding hydrogens is 360 g/mol. The van der Waals surface area contributed by atoms with Gasteiger partial charge in [0.15, 0.2) is 0 Å². The summed E-state index contributed by atoms with van der Waals surface area (Å²) >= 11 is 0. The summed E-state index contributed by atoms with van der Waals surface area (Å²) in [5.74, 6) is 0.490. The molecule has 2 aliphatic rings. The molecule has 0 bridgehead atoms. The molecule has 1 spiro atoms. The number of hydrogen-bond donors (Lipinski definition) is 0. The predicted octanol–water partition coefficient (Wildman–Crippen LogP) is 2.11. The minimum absolute atomic E-state index is 0.00806. The number of carbonyl (C=O) groups is 1. The van der Waals surface area contributed by atoms with Crippen molar-refractivity contribution < 1.29 is 19.0 Å². The molecule has 2 saturated heterocycles. The van der Waals surface area contributed by atoms with E-state index in [0.29, 0.717) is 37.2 Å². The van der Waals surface area contributed by atoms with Gasteiger partial charge in [0.2, 0.25) is 5.88 Å². The molecule has 28 heavy (non-hydrogen) atoms. The summed E-state index contributed by atoms with van der Waals surface area (Å²) in [6, 6.07) is 5.63. The number of aromatic nitrogens is 3. The summed E-state index contributed by atoms with van der Waals surface area (Å²) < 4.78 is 17.1. The Bertz CT molecular complexity index is 792. The Labute approximate surface area is 163 Å². The van der Waals surface area contributed by atoms with Crippen LogP contribution >= 0.6 is 0 Å². The van der Waals surface area contributed by atoms with E-state index in [2.05, 4.69) is 15.0 Å².